The van der Waals surface area contributed by atoms with E-state index >= 15 is 0 Å². The molecule has 0 unspecified atom stereocenters. The van der Waals surface area contributed by atoms with Gasteiger partial charge in [-0.25, -0.2) is 0 Å². The molecule has 2 aliphatic carbocycles. The lowest BCUT2D eigenvalue weighted by atomic mass is 10.1. The van der Waals surface area contributed by atoms with Crippen LogP contribution in [-0.4, -0.2) is 11.9 Å². The lowest BCUT2D eigenvalue weighted by Gasteiger charge is -2.18. The van der Waals surface area contributed by atoms with Gasteiger partial charge in [-0.15, -0.1) is 0 Å². The lowest BCUT2D eigenvalue weighted by Crippen LogP contribution is -2.40. The monoisotopic (exact) mass is 181 g/mol. The Kier molecular flexibility index (Phi) is 2.31. The molecule has 1 amide bonds. The minimum atomic E-state index is 0.139. The first-order valence-electron chi connectivity index (χ1n) is 5.49. The minimum Gasteiger partial charge on any atom is -0.353 e. The molecule has 2 saturated carbocycles. The predicted molar refractivity (Wildman–Crippen MR) is 52.2 cm³/mol. The van der Waals surface area contributed by atoms with E-state index in [1.807, 2.05) is 13.8 Å². The van der Waals surface area contributed by atoms with Gasteiger partial charge in [-0.3, -0.25) is 4.79 Å². The quantitative estimate of drug-likeness (QED) is 0.705. The van der Waals surface area contributed by atoms with Crippen molar-refractivity contribution in [2.24, 2.45) is 17.8 Å². The molecule has 13 heavy (non-hydrogen) atoms. The maximum Gasteiger partial charge on any atom is 0.222 e. The first-order valence-corrected chi connectivity index (χ1v) is 5.49. The first kappa shape index (κ1) is 9.04. The van der Waals surface area contributed by atoms with Gasteiger partial charge in [-0.1, -0.05) is 13.8 Å². The molecule has 0 spiro atoms. The summed E-state index contributed by atoms with van der Waals surface area (Å²) in [4.78, 5) is 11.5. The Bertz CT molecular complexity index is 192. The fourth-order valence-corrected chi connectivity index (χ4v) is 1.86. The Hall–Kier alpha value is -0.530. The third-order valence-electron chi connectivity index (χ3n) is 3.09. The van der Waals surface area contributed by atoms with Crippen molar-refractivity contribution in [3.8, 4) is 0 Å². The number of rotatable bonds is 4. The van der Waals surface area contributed by atoms with Crippen molar-refractivity contribution in [3.05, 3.63) is 0 Å². The smallest absolute Gasteiger partial charge is 0.222 e. The molecule has 0 aromatic heterocycles. The zero-order valence-corrected chi connectivity index (χ0v) is 8.55. The van der Waals surface area contributed by atoms with Crippen LogP contribution in [0.3, 0.4) is 0 Å². The summed E-state index contributed by atoms with van der Waals surface area (Å²) < 4.78 is 0. The van der Waals surface area contributed by atoms with Crippen molar-refractivity contribution in [1.82, 2.24) is 5.32 Å². The van der Waals surface area contributed by atoms with E-state index in [0.29, 0.717) is 6.04 Å². The largest absolute Gasteiger partial charge is 0.353 e. The van der Waals surface area contributed by atoms with Crippen LogP contribution < -0.4 is 5.32 Å². The van der Waals surface area contributed by atoms with E-state index in [1.165, 1.54) is 25.7 Å². The van der Waals surface area contributed by atoms with Gasteiger partial charge < -0.3 is 5.32 Å². The molecule has 2 rings (SSSR count). The number of carbonyl (C=O) groups excluding carboxylic acids is 1. The van der Waals surface area contributed by atoms with Crippen molar-refractivity contribution in [2.75, 3.05) is 0 Å². The third-order valence-corrected chi connectivity index (χ3v) is 3.09. The van der Waals surface area contributed by atoms with Gasteiger partial charge in [0.2, 0.25) is 5.91 Å². The highest BCUT2D eigenvalue weighted by atomic mass is 16.1. The molecule has 2 fully saturated rings. The molecule has 0 saturated heterocycles. The summed E-state index contributed by atoms with van der Waals surface area (Å²) in [6.45, 7) is 3.93. The lowest BCUT2D eigenvalue weighted by molar-refractivity contribution is -0.125. The molecule has 0 radical (unpaired) electrons. The first-order chi connectivity index (χ1) is 6.18. The van der Waals surface area contributed by atoms with Gasteiger partial charge in [0, 0.05) is 12.0 Å². The Morgan fingerprint density at radius 1 is 1.15 bits per heavy atom. The average Bonchev–Trinajstić information content (AvgIpc) is 2.90. The molecule has 2 heteroatoms. The van der Waals surface area contributed by atoms with E-state index in [9.17, 15) is 4.79 Å². The second kappa shape index (κ2) is 3.32. The van der Waals surface area contributed by atoms with Crippen LogP contribution in [0, 0.1) is 17.8 Å². The molecule has 0 bridgehead atoms. The van der Waals surface area contributed by atoms with Crippen LogP contribution in [0.4, 0.5) is 0 Å². The van der Waals surface area contributed by atoms with Crippen LogP contribution in [0.1, 0.15) is 39.5 Å². The van der Waals surface area contributed by atoms with Crippen LogP contribution in [0.2, 0.25) is 0 Å². The third kappa shape index (κ3) is 2.23. The molecule has 2 nitrogen and oxygen atoms in total. The fraction of sp³-hybridized carbons (Fsp3) is 0.909. The summed E-state index contributed by atoms with van der Waals surface area (Å²) in [5.41, 5.74) is 0. The normalized spacial score (nSPS) is 22.5. The van der Waals surface area contributed by atoms with E-state index in [0.717, 1.165) is 11.8 Å². The summed E-state index contributed by atoms with van der Waals surface area (Å²) in [6.07, 6.45) is 5.33. The second-order valence-electron chi connectivity index (χ2n) is 4.86. The number of carbonyl (C=O) groups is 1. The number of nitrogens with one attached hydrogen (secondary N) is 1. The Labute approximate surface area is 80.1 Å². The maximum absolute atomic E-state index is 11.5. The van der Waals surface area contributed by atoms with Gasteiger partial charge in [0.25, 0.3) is 0 Å². The van der Waals surface area contributed by atoms with Crippen molar-refractivity contribution < 1.29 is 4.79 Å². The van der Waals surface area contributed by atoms with E-state index in [1.54, 1.807) is 0 Å². The highest BCUT2D eigenvalue weighted by Gasteiger charge is 2.42. The minimum absolute atomic E-state index is 0.139. The maximum atomic E-state index is 11.5. The summed E-state index contributed by atoms with van der Waals surface area (Å²) in [5, 5.41) is 3.20. The van der Waals surface area contributed by atoms with Gasteiger partial charge in [0.15, 0.2) is 0 Å². The SMILES string of the molecule is CC(C)C(=O)NC(C1CC1)C1CC1. The van der Waals surface area contributed by atoms with Gasteiger partial charge >= 0.3 is 0 Å². The van der Waals surface area contributed by atoms with Crippen LogP contribution in [0.15, 0.2) is 0 Å². The van der Waals surface area contributed by atoms with E-state index < -0.39 is 0 Å². The van der Waals surface area contributed by atoms with Crippen LogP contribution in [0.25, 0.3) is 0 Å². The van der Waals surface area contributed by atoms with Crippen LogP contribution in [0.5, 0.6) is 0 Å². The van der Waals surface area contributed by atoms with Crippen molar-refractivity contribution >= 4 is 5.91 Å². The Morgan fingerprint density at radius 3 is 1.92 bits per heavy atom. The highest BCUT2D eigenvalue weighted by Crippen LogP contribution is 2.44. The molecule has 0 aromatic rings. The Morgan fingerprint density at radius 2 is 1.62 bits per heavy atom. The van der Waals surface area contributed by atoms with Gasteiger partial charge in [-0.2, -0.15) is 0 Å². The zero-order chi connectivity index (χ0) is 9.42. The molecular weight excluding hydrogens is 162 g/mol. The molecule has 0 aliphatic heterocycles. The molecular formula is C11H19NO. The molecule has 0 aromatic carbocycles. The zero-order valence-electron chi connectivity index (χ0n) is 8.55. The van der Waals surface area contributed by atoms with Crippen molar-refractivity contribution in [3.63, 3.8) is 0 Å². The summed E-state index contributed by atoms with van der Waals surface area (Å²) >= 11 is 0. The van der Waals surface area contributed by atoms with Crippen LogP contribution >= 0.6 is 0 Å². The van der Waals surface area contributed by atoms with Gasteiger partial charge in [0.05, 0.1) is 0 Å². The molecule has 74 valence electrons. The molecule has 1 N–H and O–H groups in total. The van der Waals surface area contributed by atoms with E-state index in [4.69, 9.17) is 0 Å². The summed E-state index contributed by atoms with van der Waals surface area (Å²) in [7, 11) is 0. The average molecular weight is 181 g/mol. The number of amides is 1. The van der Waals surface area contributed by atoms with Crippen LogP contribution in [-0.2, 0) is 4.79 Å². The van der Waals surface area contributed by atoms with Gasteiger partial charge in [-0.05, 0) is 37.5 Å². The molecule has 0 heterocycles. The van der Waals surface area contributed by atoms with Crippen molar-refractivity contribution in [2.45, 2.75) is 45.6 Å². The molecule has 2 aliphatic rings. The van der Waals surface area contributed by atoms with E-state index in [2.05, 4.69) is 5.32 Å². The van der Waals surface area contributed by atoms with Gasteiger partial charge in [0.1, 0.15) is 0 Å². The standard InChI is InChI=1S/C11H19NO/c1-7(2)11(13)12-10(8-3-4-8)9-5-6-9/h7-10H,3-6H2,1-2H3,(H,12,13). The Balaban J connectivity index is 1.85. The number of hydrogen-bond donors (Lipinski definition) is 1. The topological polar surface area (TPSA) is 29.1 Å². The molecule has 0 atom stereocenters. The number of hydrogen-bond acceptors (Lipinski definition) is 1. The summed E-state index contributed by atoms with van der Waals surface area (Å²) in [6, 6.07) is 0.523. The summed E-state index contributed by atoms with van der Waals surface area (Å²) in [5.74, 6) is 2.01. The second-order valence-corrected chi connectivity index (χ2v) is 4.86. The highest BCUT2D eigenvalue weighted by molar-refractivity contribution is 5.78. The fourth-order valence-electron chi connectivity index (χ4n) is 1.86. The van der Waals surface area contributed by atoms with E-state index in [-0.39, 0.29) is 11.8 Å². The predicted octanol–water partition coefficient (Wildman–Crippen LogP) is 1.95. The van der Waals surface area contributed by atoms with Crippen molar-refractivity contribution in [1.29, 1.82) is 0 Å².